The number of amides is 2. The maximum Gasteiger partial charge on any atom is 0.255 e. The van der Waals surface area contributed by atoms with Gasteiger partial charge in [0.2, 0.25) is 5.91 Å². The van der Waals surface area contributed by atoms with Crippen LogP contribution in [-0.4, -0.2) is 23.5 Å². The Morgan fingerprint density at radius 1 is 0.970 bits per heavy atom. The van der Waals surface area contributed by atoms with Gasteiger partial charge in [0.05, 0.1) is 6.61 Å². The minimum atomic E-state index is -0.343. The van der Waals surface area contributed by atoms with Gasteiger partial charge in [-0.15, -0.1) is 0 Å². The molecule has 0 aliphatic heterocycles. The standard InChI is InChI=1S/C26H25N3O3S/c1-3-32-22-13-9-19(10-14-22)11-16-24(30)29-26(33)27-21-12-15-23(18(2)17-21)28-25(31)20-7-5-4-6-8-20/h4-17H,3H2,1-2H3,(H,28,31)(H2,27,29,30,33)/b16-11+. The van der Waals surface area contributed by atoms with Crippen molar-refractivity contribution >= 4 is 46.6 Å². The zero-order valence-corrected chi connectivity index (χ0v) is 19.2. The third-order valence-corrected chi connectivity index (χ3v) is 4.83. The molecule has 0 saturated carbocycles. The summed E-state index contributed by atoms with van der Waals surface area (Å²) in [5, 5.41) is 8.67. The molecule has 7 heteroatoms. The van der Waals surface area contributed by atoms with E-state index in [-0.39, 0.29) is 16.9 Å². The molecule has 0 aliphatic carbocycles. The average molecular weight is 460 g/mol. The van der Waals surface area contributed by atoms with Crippen LogP contribution in [0.3, 0.4) is 0 Å². The minimum absolute atomic E-state index is 0.178. The molecule has 0 saturated heterocycles. The number of aryl methyl sites for hydroxylation is 1. The fraction of sp³-hybridized carbons (Fsp3) is 0.115. The van der Waals surface area contributed by atoms with E-state index in [1.165, 1.54) is 6.08 Å². The Balaban J connectivity index is 1.52. The lowest BCUT2D eigenvalue weighted by Crippen LogP contribution is -2.32. The summed E-state index contributed by atoms with van der Waals surface area (Å²) in [7, 11) is 0. The molecule has 3 aromatic carbocycles. The van der Waals surface area contributed by atoms with Gasteiger partial charge in [0, 0.05) is 23.0 Å². The number of benzene rings is 3. The van der Waals surface area contributed by atoms with Gasteiger partial charge >= 0.3 is 0 Å². The molecular formula is C26H25N3O3S. The predicted octanol–water partition coefficient (Wildman–Crippen LogP) is 5.17. The summed E-state index contributed by atoms with van der Waals surface area (Å²) >= 11 is 5.24. The Kier molecular flexibility index (Phi) is 8.32. The molecule has 2 amide bonds. The van der Waals surface area contributed by atoms with Crippen molar-refractivity contribution in [2.45, 2.75) is 13.8 Å². The number of hydrogen-bond donors (Lipinski definition) is 3. The minimum Gasteiger partial charge on any atom is -0.494 e. The van der Waals surface area contributed by atoms with Crippen LogP contribution in [0.1, 0.15) is 28.4 Å². The van der Waals surface area contributed by atoms with E-state index in [1.54, 1.807) is 30.3 Å². The van der Waals surface area contributed by atoms with E-state index >= 15 is 0 Å². The molecule has 3 N–H and O–H groups in total. The molecule has 33 heavy (non-hydrogen) atoms. The van der Waals surface area contributed by atoms with Crippen molar-refractivity contribution in [1.82, 2.24) is 5.32 Å². The van der Waals surface area contributed by atoms with Crippen molar-refractivity contribution in [3.05, 3.63) is 95.6 Å². The second-order valence-electron chi connectivity index (χ2n) is 7.13. The Morgan fingerprint density at radius 2 is 1.70 bits per heavy atom. The van der Waals surface area contributed by atoms with Crippen molar-refractivity contribution in [1.29, 1.82) is 0 Å². The third-order valence-electron chi connectivity index (χ3n) is 4.62. The number of anilines is 2. The predicted molar refractivity (Wildman–Crippen MR) is 137 cm³/mol. The number of rotatable bonds is 7. The summed E-state index contributed by atoms with van der Waals surface area (Å²) in [6, 6.07) is 21.8. The zero-order valence-electron chi connectivity index (χ0n) is 18.4. The van der Waals surface area contributed by atoms with Gasteiger partial charge in [-0.3, -0.25) is 14.9 Å². The molecule has 6 nitrogen and oxygen atoms in total. The van der Waals surface area contributed by atoms with E-state index < -0.39 is 0 Å². The number of carbonyl (C=O) groups excluding carboxylic acids is 2. The molecule has 0 radical (unpaired) electrons. The largest absolute Gasteiger partial charge is 0.494 e. The van der Waals surface area contributed by atoms with Crippen molar-refractivity contribution in [2.75, 3.05) is 17.2 Å². The van der Waals surface area contributed by atoms with Crippen LogP contribution >= 0.6 is 12.2 Å². The monoisotopic (exact) mass is 459 g/mol. The van der Waals surface area contributed by atoms with Gasteiger partial charge < -0.3 is 15.4 Å². The molecule has 0 unspecified atom stereocenters. The molecule has 0 fully saturated rings. The molecule has 3 aromatic rings. The summed E-state index contributed by atoms with van der Waals surface area (Å²) < 4.78 is 5.40. The average Bonchev–Trinajstić information content (AvgIpc) is 2.81. The highest BCUT2D eigenvalue weighted by Crippen LogP contribution is 2.20. The van der Waals surface area contributed by atoms with Gasteiger partial charge in [-0.2, -0.15) is 0 Å². The lowest BCUT2D eigenvalue weighted by atomic mass is 10.1. The van der Waals surface area contributed by atoms with Crippen LogP contribution in [-0.2, 0) is 4.79 Å². The highest BCUT2D eigenvalue weighted by atomic mass is 32.1. The number of nitrogens with one attached hydrogen (secondary N) is 3. The molecule has 3 rings (SSSR count). The van der Waals surface area contributed by atoms with Crippen LogP contribution < -0.4 is 20.7 Å². The quantitative estimate of drug-likeness (QED) is 0.335. The smallest absolute Gasteiger partial charge is 0.255 e. The lowest BCUT2D eigenvalue weighted by molar-refractivity contribution is -0.115. The summed E-state index contributed by atoms with van der Waals surface area (Å²) in [6.45, 7) is 4.41. The van der Waals surface area contributed by atoms with E-state index in [4.69, 9.17) is 17.0 Å². The summed E-state index contributed by atoms with van der Waals surface area (Å²) in [6.07, 6.45) is 3.11. The fourth-order valence-electron chi connectivity index (χ4n) is 3.00. The number of hydrogen-bond acceptors (Lipinski definition) is 4. The van der Waals surface area contributed by atoms with Crippen LogP contribution in [0.2, 0.25) is 0 Å². The summed E-state index contributed by atoms with van der Waals surface area (Å²) in [4.78, 5) is 24.5. The molecule has 0 spiro atoms. The first-order chi connectivity index (χ1) is 15.9. The van der Waals surface area contributed by atoms with Crippen LogP contribution in [0, 0.1) is 6.92 Å². The van der Waals surface area contributed by atoms with Crippen LogP contribution in [0.4, 0.5) is 11.4 Å². The lowest BCUT2D eigenvalue weighted by Gasteiger charge is -2.12. The Labute approximate surface area is 198 Å². The first-order valence-corrected chi connectivity index (χ1v) is 10.9. The SMILES string of the molecule is CCOc1ccc(/C=C/C(=O)NC(=S)Nc2ccc(NC(=O)c3ccccc3)c(C)c2)cc1. The molecular weight excluding hydrogens is 434 g/mol. The van der Waals surface area contributed by atoms with Gasteiger partial charge in [0.1, 0.15) is 5.75 Å². The van der Waals surface area contributed by atoms with Gasteiger partial charge in [0.25, 0.3) is 5.91 Å². The molecule has 168 valence electrons. The molecule has 0 atom stereocenters. The molecule has 0 aliphatic rings. The number of carbonyl (C=O) groups is 2. The third kappa shape index (κ3) is 7.29. The van der Waals surface area contributed by atoms with Gasteiger partial charge in [-0.05, 0) is 85.7 Å². The van der Waals surface area contributed by atoms with E-state index in [1.807, 2.05) is 62.4 Å². The maximum atomic E-state index is 12.4. The van der Waals surface area contributed by atoms with Gasteiger partial charge in [0.15, 0.2) is 5.11 Å². The topological polar surface area (TPSA) is 79.5 Å². The van der Waals surface area contributed by atoms with E-state index in [0.717, 1.165) is 16.9 Å². The summed E-state index contributed by atoms with van der Waals surface area (Å²) in [5.74, 6) is 0.261. The van der Waals surface area contributed by atoms with E-state index in [0.29, 0.717) is 23.5 Å². The second-order valence-corrected chi connectivity index (χ2v) is 7.54. The summed E-state index contributed by atoms with van der Waals surface area (Å²) in [5.41, 5.74) is 3.71. The first-order valence-electron chi connectivity index (χ1n) is 10.4. The maximum absolute atomic E-state index is 12.4. The molecule has 0 aromatic heterocycles. The Bertz CT molecular complexity index is 1160. The van der Waals surface area contributed by atoms with Crippen LogP contribution in [0.5, 0.6) is 5.75 Å². The highest BCUT2D eigenvalue weighted by molar-refractivity contribution is 7.80. The van der Waals surface area contributed by atoms with Crippen molar-refractivity contribution < 1.29 is 14.3 Å². The first kappa shape index (κ1) is 23.7. The van der Waals surface area contributed by atoms with Crippen LogP contribution in [0.25, 0.3) is 6.08 Å². The normalized spacial score (nSPS) is 10.5. The highest BCUT2D eigenvalue weighted by Gasteiger charge is 2.08. The fourth-order valence-corrected chi connectivity index (χ4v) is 3.21. The molecule has 0 heterocycles. The van der Waals surface area contributed by atoms with E-state index in [2.05, 4.69) is 16.0 Å². The van der Waals surface area contributed by atoms with Crippen molar-refractivity contribution in [3.8, 4) is 5.75 Å². The van der Waals surface area contributed by atoms with Crippen molar-refractivity contribution in [3.63, 3.8) is 0 Å². The number of ether oxygens (including phenoxy) is 1. The Hall–Kier alpha value is -3.97. The van der Waals surface area contributed by atoms with Crippen molar-refractivity contribution in [2.24, 2.45) is 0 Å². The Morgan fingerprint density at radius 3 is 2.36 bits per heavy atom. The van der Waals surface area contributed by atoms with Gasteiger partial charge in [-0.1, -0.05) is 30.3 Å². The zero-order chi connectivity index (χ0) is 23.6. The number of thiocarbonyl (C=S) groups is 1. The molecule has 0 bridgehead atoms. The van der Waals surface area contributed by atoms with Crippen LogP contribution in [0.15, 0.2) is 78.9 Å². The van der Waals surface area contributed by atoms with E-state index in [9.17, 15) is 9.59 Å². The van der Waals surface area contributed by atoms with Gasteiger partial charge in [-0.25, -0.2) is 0 Å². The second kappa shape index (κ2) is 11.6.